The molecule has 0 aromatic heterocycles. The van der Waals surface area contributed by atoms with E-state index in [4.69, 9.17) is 5.73 Å². The smallest absolute Gasteiger partial charge is 0.248 e. The number of carbonyl (C=O) groups excluding carboxylic acids is 2. The number of nitrogens with two attached hydrogens (primary N) is 1. The largest absolute Gasteiger partial charge is 0.366 e. The minimum atomic E-state index is -0.432. The normalized spacial score (nSPS) is 17.0. The Morgan fingerprint density at radius 2 is 1.96 bits per heavy atom. The molecule has 4 N–H and O–H groups in total. The van der Waals surface area contributed by atoms with Crippen LogP contribution in [0.15, 0.2) is 29.3 Å². The van der Waals surface area contributed by atoms with Crippen LogP contribution in [0.2, 0.25) is 0 Å². The number of nitrogens with one attached hydrogen (secondary N) is 2. The van der Waals surface area contributed by atoms with Crippen molar-refractivity contribution in [3.8, 4) is 0 Å². The van der Waals surface area contributed by atoms with E-state index in [2.05, 4.69) is 15.6 Å². The molecule has 0 aliphatic carbocycles. The van der Waals surface area contributed by atoms with E-state index in [0.717, 1.165) is 18.5 Å². The summed E-state index contributed by atoms with van der Waals surface area (Å²) in [5, 5.41) is 6.61. The Morgan fingerprint density at radius 1 is 1.31 bits per heavy atom. The summed E-state index contributed by atoms with van der Waals surface area (Å²) in [6.07, 6.45) is 0.909. The molecule has 26 heavy (non-hydrogen) atoms. The van der Waals surface area contributed by atoms with Gasteiger partial charge >= 0.3 is 0 Å². The number of hydrogen-bond acceptors (Lipinski definition) is 3. The van der Waals surface area contributed by atoms with Crippen LogP contribution in [0.1, 0.15) is 36.2 Å². The fourth-order valence-corrected chi connectivity index (χ4v) is 2.80. The Bertz CT molecular complexity index is 645. The van der Waals surface area contributed by atoms with Gasteiger partial charge in [-0.2, -0.15) is 0 Å². The maximum atomic E-state index is 12.1. The van der Waals surface area contributed by atoms with Crippen LogP contribution in [0, 0.1) is 5.92 Å². The van der Waals surface area contributed by atoms with E-state index < -0.39 is 5.91 Å². The third kappa shape index (κ3) is 6.15. The van der Waals surface area contributed by atoms with E-state index >= 15 is 0 Å². The third-order valence-corrected chi connectivity index (χ3v) is 4.26. The molecule has 1 aromatic carbocycles. The van der Waals surface area contributed by atoms with Gasteiger partial charge in [0.1, 0.15) is 0 Å². The van der Waals surface area contributed by atoms with Gasteiger partial charge in [-0.25, -0.2) is 0 Å². The second kappa shape index (κ2) is 10.3. The van der Waals surface area contributed by atoms with Crippen molar-refractivity contribution in [2.45, 2.75) is 32.9 Å². The minimum absolute atomic E-state index is 0. The highest BCUT2D eigenvalue weighted by atomic mass is 127. The molecular formula is C18H28IN5O2. The lowest BCUT2D eigenvalue weighted by Gasteiger charge is -2.20. The third-order valence-electron chi connectivity index (χ3n) is 4.26. The number of rotatable bonds is 5. The Hall–Kier alpha value is -1.84. The molecule has 0 saturated carbocycles. The van der Waals surface area contributed by atoms with Crippen molar-refractivity contribution >= 4 is 41.8 Å². The van der Waals surface area contributed by atoms with E-state index in [1.54, 1.807) is 19.2 Å². The average Bonchev–Trinajstić information content (AvgIpc) is 3.06. The molecule has 1 saturated heterocycles. The van der Waals surface area contributed by atoms with E-state index in [1.807, 2.05) is 30.9 Å². The monoisotopic (exact) mass is 473 g/mol. The summed E-state index contributed by atoms with van der Waals surface area (Å²) in [7, 11) is 1.72. The lowest BCUT2D eigenvalue weighted by Crippen LogP contribution is -2.45. The van der Waals surface area contributed by atoms with Crippen LogP contribution in [0.3, 0.4) is 0 Å². The summed E-state index contributed by atoms with van der Waals surface area (Å²) >= 11 is 0. The number of nitrogens with zero attached hydrogens (tertiary/aromatic N) is 2. The number of hydrogen-bond donors (Lipinski definition) is 3. The fourth-order valence-electron chi connectivity index (χ4n) is 2.80. The molecule has 0 spiro atoms. The summed E-state index contributed by atoms with van der Waals surface area (Å²) < 4.78 is 0. The maximum absolute atomic E-state index is 12.1. The minimum Gasteiger partial charge on any atom is -0.366 e. The van der Waals surface area contributed by atoms with Gasteiger partial charge in [-0.05, 0) is 24.1 Å². The van der Waals surface area contributed by atoms with Crippen LogP contribution in [-0.2, 0) is 11.3 Å². The van der Waals surface area contributed by atoms with Crippen LogP contribution >= 0.6 is 24.0 Å². The zero-order valence-corrected chi connectivity index (χ0v) is 17.8. The van der Waals surface area contributed by atoms with E-state index in [-0.39, 0.29) is 41.8 Å². The summed E-state index contributed by atoms with van der Waals surface area (Å²) in [6.45, 7) is 5.91. The van der Waals surface area contributed by atoms with Crippen molar-refractivity contribution in [2.75, 3.05) is 20.1 Å². The molecule has 1 atom stereocenters. The first-order chi connectivity index (χ1) is 11.9. The predicted octanol–water partition coefficient (Wildman–Crippen LogP) is 1.33. The van der Waals surface area contributed by atoms with Gasteiger partial charge in [-0.1, -0.05) is 26.0 Å². The molecular weight excluding hydrogens is 445 g/mol. The summed E-state index contributed by atoms with van der Waals surface area (Å²) in [4.78, 5) is 29.3. The predicted molar refractivity (Wildman–Crippen MR) is 114 cm³/mol. The average molecular weight is 473 g/mol. The van der Waals surface area contributed by atoms with Gasteiger partial charge < -0.3 is 21.3 Å². The molecule has 2 rings (SSSR count). The molecule has 1 heterocycles. The number of amides is 2. The maximum Gasteiger partial charge on any atom is 0.248 e. The van der Waals surface area contributed by atoms with Crippen LogP contribution in [0.25, 0.3) is 0 Å². The summed E-state index contributed by atoms with van der Waals surface area (Å²) in [5.41, 5.74) is 6.76. The quantitative estimate of drug-likeness (QED) is 0.341. The molecule has 2 amide bonds. The topological polar surface area (TPSA) is 99.8 Å². The molecule has 0 bridgehead atoms. The SMILES string of the molecule is CN=C(NCc1ccc(C(N)=O)cc1)NC1CCN(C(=O)C(C)C)C1.I. The van der Waals surface area contributed by atoms with E-state index in [9.17, 15) is 9.59 Å². The highest BCUT2D eigenvalue weighted by Crippen LogP contribution is 2.12. The first-order valence-corrected chi connectivity index (χ1v) is 8.55. The van der Waals surface area contributed by atoms with Crippen molar-refractivity contribution in [3.05, 3.63) is 35.4 Å². The van der Waals surface area contributed by atoms with Crippen molar-refractivity contribution in [1.29, 1.82) is 0 Å². The first kappa shape index (κ1) is 22.2. The standard InChI is InChI=1S/C18H27N5O2.HI/c1-12(2)17(25)23-9-8-15(11-23)22-18(20-3)21-10-13-4-6-14(7-5-13)16(19)24;/h4-7,12,15H,8-11H2,1-3H3,(H2,19,24)(H2,20,21,22);1H. The number of benzene rings is 1. The molecule has 0 radical (unpaired) electrons. The number of aliphatic imine (C=N–C) groups is 1. The van der Waals surface area contributed by atoms with Crippen molar-refractivity contribution in [2.24, 2.45) is 16.6 Å². The Morgan fingerprint density at radius 3 is 2.50 bits per heavy atom. The molecule has 144 valence electrons. The lowest BCUT2D eigenvalue weighted by molar-refractivity contribution is -0.133. The molecule has 1 aliphatic rings. The molecule has 1 fully saturated rings. The lowest BCUT2D eigenvalue weighted by atomic mass is 10.1. The zero-order chi connectivity index (χ0) is 18.4. The molecule has 1 aliphatic heterocycles. The van der Waals surface area contributed by atoms with Crippen molar-refractivity contribution in [1.82, 2.24) is 15.5 Å². The van der Waals surface area contributed by atoms with Gasteiger partial charge in [-0.15, -0.1) is 24.0 Å². The van der Waals surface area contributed by atoms with Gasteiger partial charge in [0.15, 0.2) is 5.96 Å². The van der Waals surface area contributed by atoms with Gasteiger partial charge in [0, 0.05) is 44.2 Å². The van der Waals surface area contributed by atoms with E-state index in [0.29, 0.717) is 24.6 Å². The number of carbonyl (C=O) groups is 2. The first-order valence-electron chi connectivity index (χ1n) is 8.55. The highest BCUT2D eigenvalue weighted by molar-refractivity contribution is 14.0. The van der Waals surface area contributed by atoms with Gasteiger partial charge in [0.25, 0.3) is 0 Å². The zero-order valence-electron chi connectivity index (χ0n) is 15.5. The Kier molecular flexibility index (Phi) is 8.83. The second-order valence-corrected chi connectivity index (χ2v) is 6.56. The number of primary amides is 1. The summed E-state index contributed by atoms with van der Waals surface area (Å²) in [6, 6.07) is 7.34. The van der Waals surface area contributed by atoms with Crippen LogP contribution in [-0.4, -0.2) is 48.9 Å². The van der Waals surface area contributed by atoms with Gasteiger partial charge in [0.05, 0.1) is 0 Å². The van der Waals surface area contributed by atoms with Gasteiger partial charge in [-0.3, -0.25) is 14.6 Å². The van der Waals surface area contributed by atoms with Gasteiger partial charge in [0.2, 0.25) is 11.8 Å². The highest BCUT2D eigenvalue weighted by Gasteiger charge is 2.27. The van der Waals surface area contributed by atoms with Crippen LogP contribution < -0.4 is 16.4 Å². The Balaban J connectivity index is 0.00000338. The fraction of sp³-hybridized carbons (Fsp3) is 0.500. The van der Waals surface area contributed by atoms with Crippen molar-refractivity contribution < 1.29 is 9.59 Å². The number of guanidine groups is 1. The molecule has 1 unspecified atom stereocenters. The van der Waals surface area contributed by atoms with Crippen LogP contribution in [0.4, 0.5) is 0 Å². The molecule has 7 nitrogen and oxygen atoms in total. The number of halogens is 1. The molecule has 8 heteroatoms. The van der Waals surface area contributed by atoms with Crippen LogP contribution in [0.5, 0.6) is 0 Å². The summed E-state index contributed by atoms with van der Waals surface area (Å²) in [5.74, 6) is 0.489. The number of likely N-dealkylation sites (tertiary alicyclic amines) is 1. The Labute approximate surface area is 171 Å². The van der Waals surface area contributed by atoms with Crippen molar-refractivity contribution in [3.63, 3.8) is 0 Å². The van der Waals surface area contributed by atoms with E-state index in [1.165, 1.54) is 0 Å². The second-order valence-electron chi connectivity index (χ2n) is 6.56. The molecule has 1 aromatic rings.